The summed E-state index contributed by atoms with van der Waals surface area (Å²) in [6.07, 6.45) is -15.8. The maximum absolute atomic E-state index is 13.5. The van der Waals surface area contributed by atoms with E-state index in [1.807, 2.05) is 0 Å². The van der Waals surface area contributed by atoms with E-state index in [2.05, 4.69) is 10.1 Å². The standard InChI is InChI=1S/C17H12F6N2O5/c1-29-13-7-6-9(8-11(13)25(27)28)14(26)24-10-4-2-3-5-12(10)30-17(22,23)15(18)16(19,20)21/h2-8,15H,1H3,(H,24,26). The third-order valence-electron chi connectivity index (χ3n) is 3.60. The molecule has 0 bridgehead atoms. The van der Waals surface area contributed by atoms with Crippen LogP contribution in [0.3, 0.4) is 0 Å². The Balaban J connectivity index is 2.30. The van der Waals surface area contributed by atoms with Crippen LogP contribution in [-0.2, 0) is 0 Å². The lowest BCUT2D eigenvalue weighted by molar-refractivity contribution is -0.385. The molecule has 0 fully saturated rings. The van der Waals surface area contributed by atoms with E-state index in [9.17, 15) is 41.3 Å². The lowest BCUT2D eigenvalue weighted by Gasteiger charge is -2.24. The summed E-state index contributed by atoms with van der Waals surface area (Å²) >= 11 is 0. The first kappa shape index (κ1) is 22.8. The molecule has 0 aliphatic heterocycles. The summed E-state index contributed by atoms with van der Waals surface area (Å²) in [5.41, 5.74) is -1.37. The van der Waals surface area contributed by atoms with Gasteiger partial charge in [0.2, 0.25) is 0 Å². The molecule has 2 aromatic rings. The highest BCUT2D eigenvalue weighted by molar-refractivity contribution is 6.05. The van der Waals surface area contributed by atoms with Gasteiger partial charge in [-0.2, -0.15) is 22.0 Å². The first-order valence-corrected chi connectivity index (χ1v) is 7.87. The predicted octanol–water partition coefficient (Wildman–Crippen LogP) is 4.73. The van der Waals surface area contributed by atoms with E-state index < -0.39 is 46.4 Å². The van der Waals surface area contributed by atoms with Crippen LogP contribution >= 0.6 is 0 Å². The van der Waals surface area contributed by atoms with Crippen LogP contribution in [0, 0.1) is 10.1 Å². The monoisotopic (exact) mass is 438 g/mol. The Morgan fingerprint density at radius 1 is 1.10 bits per heavy atom. The van der Waals surface area contributed by atoms with Crippen molar-refractivity contribution >= 4 is 17.3 Å². The van der Waals surface area contributed by atoms with E-state index in [4.69, 9.17) is 4.74 Å². The number of rotatable bonds is 7. The number of benzene rings is 2. The Bertz CT molecular complexity index is 950. The summed E-state index contributed by atoms with van der Waals surface area (Å²) in [6.45, 7) is 0. The molecule has 0 saturated carbocycles. The molecule has 0 aromatic heterocycles. The number of hydrogen-bond donors (Lipinski definition) is 1. The molecule has 0 spiro atoms. The highest BCUT2D eigenvalue weighted by Gasteiger charge is 2.59. The third kappa shape index (κ3) is 5.10. The van der Waals surface area contributed by atoms with Gasteiger partial charge in [-0.05, 0) is 24.3 Å². The zero-order valence-electron chi connectivity index (χ0n) is 14.9. The van der Waals surface area contributed by atoms with E-state index >= 15 is 0 Å². The molecular weight excluding hydrogens is 426 g/mol. The second kappa shape index (κ2) is 8.47. The van der Waals surface area contributed by atoms with Gasteiger partial charge >= 0.3 is 18.0 Å². The van der Waals surface area contributed by atoms with Gasteiger partial charge in [-0.25, -0.2) is 4.39 Å². The summed E-state index contributed by atoms with van der Waals surface area (Å²) in [5.74, 6) is -2.14. The minimum absolute atomic E-state index is 0.152. The largest absolute Gasteiger partial charge is 0.490 e. The number of carbonyl (C=O) groups is 1. The number of hydrogen-bond acceptors (Lipinski definition) is 5. The molecule has 0 saturated heterocycles. The fraction of sp³-hybridized carbons (Fsp3) is 0.235. The summed E-state index contributed by atoms with van der Waals surface area (Å²) in [4.78, 5) is 22.5. The maximum atomic E-state index is 13.5. The second-order valence-electron chi connectivity index (χ2n) is 5.66. The average molecular weight is 438 g/mol. The van der Waals surface area contributed by atoms with Crippen LogP contribution in [0.1, 0.15) is 10.4 Å². The number of nitro groups is 1. The van der Waals surface area contributed by atoms with Crippen molar-refractivity contribution < 1.29 is 45.5 Å². The van der Waals surface area contributed by atoms with Crippen molar-refractivity contribution in [3.63, 3.8) is 0 Å². The molecule has 30 heavy (non-hydrogen) atoms. The molecule has 162 valence electrons. The van der Waals surface area contributed by atoms with Gasteiger partial charge in [-0.1, -0.05) is 12.1 Å². The number of halogens is 6. The van der Waals surface area contributed by atoms with Gasteiger partial charge in [0.25, 0.3) is 12.1 Å². The molecule has 2 aromatic carbocycles. The highest BCUT2D eigenvalue weighted by atomic mass is 19.4. The fourth-order valence-corrected chi connectivity index (χ4v) is 2.22. The molecule has 2 rings (SSSR count). The number of carbonyl (C=O) groups excluding carboxylic acids is 1. The average Bonchev–Trinajstić information content (AvgIpc) is 2.67. The van der Waals surface area contributed by atoms with Crippen molar-refractivity contribution in [2.24, 2.45) is 0 Å². The Hall–Kier alpha value is -3.51. The minimum Gasteiger partial charge on any atom is -0.490 e. The van der Waals surface area contributed by atoms with Crippen LogP contribution in [0.2, 0.25) is 0 Å². The predicted molar refractivity (Wildman–Crippen MR) is 90.6 cm³/mol. The molecule has 1 atom stereocenters. The Morgan fingerprint density at radius 3 is 2.30 bits per heavy atom. The van der Waals surface area contributed by atoms with Crippen LogP contribution in [-0.4, -0.2) is 36.4 Å². The third-order valence-corrected chi connectivity index (χ3v) is 3.60. The smallest absolute Gasteiger partial charge is 0.439 e. The number of nitrogens with one attached hydrogen (secondary N) is 1. The Morgan fingerprint density at radius 2 is 1.73 bits per heavy atom. The lowest BCUT2D eigenvalue weighted by atomic mass is 10.1. The summed E-state index contributed by atoms with van der Waals surface area (Å²) in [5, 5.41) is 13.1. The van der Waals surface area contributed by atoms with E-state index in [0.717, 1.165) is 43.5 Å². The van der Waals surface area contributed by atoms with E-state index in [-0.39, 0.29) is 11.3 Å². The van der Waals surface area contributed by atoms with Gasteiger partial charge in [0.1, 0.15) is 5.75 Å². The van der Waals surface area contributed by atoms with Crippen LogP contribution in [0.25, 0.3) is 0 Å². The van der Waals surface area contributed by atoms with Crippen molar-refractivity contribution in [3.8, 4) is 11.5 Å². The number of anilines is 1. The molecule has 7 nitrogen and oxygen atoms in total. The van der Waals surface area contributed by atoms with Crippen molar-refractivity contribution in [1.82, 2.24) is 0 Å². The summed E-state index contributed by atoms with van der Waals surface area (Å²) < 4.78 is 85.6. The van der Waals surface area contributed by atoms with Gasteiger partial charge in [-0.15, -0.1) is 0 Å². The van der Waals surface area contributed by atoms with Crippen LogP contribution in [0.4, 0.5) is 37.7 Å². The van der Waals surface area contributed by atoms with E-state index in [1.165, 1.54) is 6.07 Å². The first-order chi connectivity index (χ1) is 13.9. The maximum Gasteiger partial charge on any atom is 0.439 e. The molecule has 0 heterocycles. The van der Waals surface area contributed by atoms with Crippen molar-refractivity contribution in [2.75, 3.05) is 12.4 Å². The van der Waals surface area contributed by atoms with Crippen molar-refractivity contribution in [3.05, 3.63) is 58.1 Å². The number of nitrogens with zero attached hydrogens (tertiary/aromatic N) is 1. The lowest BCUT2D eigenvalue weighted by Crippen LogP contribution is -2.45. The fourth-order valence-electron chi connectivity index (χ4n) is 2.22. The Kier molecular flexibility index (Phi) is 6.43. The van der Waals surface area contributed by atoms with Crippen LogP contribution in [0.5, 0.6) is 11.5 Å². The summed E-state index contributed by atoms with van der Waals surface area (Å²) in [7, 11) is 1.16. The topological polar surface area (TPSA) is 90.7 Å². The number of methoxy groups -OCH3 is 1. The van der Waals surface area contributed by atoms with Crippen LogP contribution < -0.4 is 14.8 Å². The van der Waals surface area contributed by atoms with Gasteiger partial charge in [0.15, 0.2) is 5.75 Å². The van der Waals surface area contributed by atoms with Gasteiger partial charge in [0, 0.05) is 11.6 Å². The number of alkyl halides is 6. The minimum atomic E-state index is -5.89. The molecule has 0 aliphatic carbocycles. The number of amides is 1. The normalized spacial score (nSPS) is 12.8. The number of para-hydroxylation sites is 2. The summed E-state index contributed by atoms with van der Waals surface area (Å²) in [6, 6.07) is 7.19. The second-order valence-corrected chi connectivity index (χ2v) is 5.66. The SMILES string of the molecule is COc1ccc(C(=O)Nc2ccccc2OC(F)(F)C(F)C(F)(F)F)cc1[N+](=O)[O-]. The molecule has 1 amide bonds. The first-order valence-electron chi connectivity index (χ1n) is 7.87. The number of nitro benzene ring substituents is 1. The Labute approximate surface area is 164 Å². The van der Waals surface area contributed by atoms with Gasteiger partial charge < -0.3 is 14.8 Å². The van der Waals surface area contributed by atoms with Gasteiger partial charge in [-0.3, -0.25) is 14.9 Å². The van der Waals surface area contributed by atoms with Gasteiger partial charge in [0.05, 0.1) is 17.7 Å². The quantitative estimate of drug-likeness (QED) is 0.384. The zero-order valence-corrected chi connectivity index (χ0v) is 14.9. The van der Waals surface area contributed by atoms with Crippen molar-refractivity contribution in [1.29, 1.82) is 0 Å². The number of ether oxygens (including phenoxy) is 2. The van der Waals surface area contributed by atoms with E-state index in [1.54, 1.807) is 0 Å². The molecule has 0 aliphatic rings. The van der Waals surface area contributed by atoms with Crippen LogP contribution in [0.15, 0.2) is 42.5 Å². The highest BCUT2D eigenvalue weighted by Crippen LogP contribution is 2.38. The van der Waals surface area contributed by atoms with Crippen molar-refractivity contribution in [2.45, 2.75) is 18.5 Å². The molecular formula is C17H12F6N2O5. The molecule has 1 N–H and O–H groups in total. The van der Waals surface area contributed by atoms with E-state index in [0.29, 0.717) is 0 Å². The molecule has 1 unspecified atom stereocenters. The zero-order chi connectivity index (χ0) is 22.7. The molecule has 13 heteroatoms. The molecule has 0 radical (unpaired) electrons.